The molecule has 4 unspecified atom stereocenters. The number of aryl methyl sites for hydroxylation is 1. The van der Waals surface area contributed by atoms with Crippen LogP contribution in [0, 0.1) is 12.8 Å². The Labute approximate surface area is 196 Å². The van der Waals surface area contributed by atoms with Crippen LogP contribution in [0.5, 0.6) is 0 Å². The summed E-state index contributed by atoms with van der Waals surface area (Å²) in [6.07, 6.45) is 5.77. The standard InChI is InChI=1S/C24H29N5O3S/c1-13-18(21-27-16-9-5-6-10-17(16)33-21)20(28-22(25-13)26-14-7-3-2-4-8-14)29-23(31)12-11-15-19(30)24(15,23)32/h5-6,9-10,14-15,19,30-32H,2-4,7-8,11-12H2,1H3,(H2,25,26,28,29). The Morgan fingerprint density at radius 2 is 1.82 bits per heavy atom. The normalized spacial score (nSPS) is 31.5. The fourth-order valence-electron chi connectivity index (χ4n) is 5.67. The molecular formula is C24H29N5O3S. The molecule has 1 aromatic carbocycles. The minimum Gasteiger partial charge on any atom is -0.390 e. The molecule has 2 aromatic heterocycles. The summed E-state index contributed by atoms with van der Waals surface area (Å²) in [5.74, 6) is 0.618. The zero-order chi connectivity index (χ0) is 22.8. The van der Waals surface area contributed by atoms with Crippen LogP contribution >= 0.6 is 11.3 Å². The highest BCUT2D eigenvalue weighted by atomic mass is 32.1. The molecule has 9 heteroatoms. The van der Waals surface area contributed by atoms with Crippen LogP contribution in [-0.4, -0.2) is 53.7 Å². The molecule has 0 spiro atoms. The summed E-state index contributed by atoms with van der Waals surface area (Å²) in [6.45, 7) is 1.92. The van der Waals surface area contributed by atoms with Gasteiger partial charge in [0.25, 0.3) is 0 Å². The minimum atomic E-state index is -1.66. The molecular weight excluding hydrogens is 438 g/mol. The third-order valence-corrected chi connectivity index (χ3v) is 8.68. The molecule has 174 valence electrons. The van der Waals surface area contributed by atoms with Crippen molar-refractivity contribution in [3.05, 3.63) is 30.0 Å². The van der Waals surface area contributed by atoms with Crippen LogP contribution in [0.4, 0.5) is 11.8 Å². The number of hydrogen-bond donors (Lipinski definition) is 5. The molecule has 0 saturated heterocycles. The van der Waals surface area contributed by atoms with Crippen molar-refractivity contribution in [2.45, 2.75) is 75.3 Å². The number of thiazole rings is 1. The summed E-state index contributed by atoms with van der Waals surface area (Å²) >= 11 is 1.54. The number of fused-ring (bicyclic) bond motifs is 2. The lowest BCUT2D eigenvalue weighted by Crippen LogP contribution is -2.51. The maximum Gasteiger partial charge on any atom is 0.225 e. The van der Waals surface area contributed by atoms with E-state index >= 15 is 0 Å². The van der Waals surface area contributed by atoms with Gasteiger partial charge in [-0.15, -0.1) is 11.3 Å². The first kappa shape index (κ1) is 21.2. The van der Waals surface area contributed by atoms with E-state index < -0.39 is 17.4 Å². The number of aliphatic hydroxyl groups is 3. The number of para-hydroxylation sites is 1. The molecule has 0 aliphatic heterocycles. The summed E-state index contributed by atoms with van der Waals surface area (Å²) in [6, 6.07) is 8.26. The number of benzene rings is 1. The molecule has 0 radical (unpaired) electrons. The molecule has 3 aliphatic rings. The van der Waals surface area contributed by atoms with E-state index in [-0.39, 0.29) is 5.92 Å². The predicted molar refractivity (Wildman–Crippen MR) is 128 cm³/mol. The maximum atomic E-state index is 11.4. The number of anilines is 2. The van der Waals surface area contributed by atoms with E-state index in [0.717, 1.165) is 33.8 Å². The van der Waals surface area contributed by atoms with E-state index in [1.54, 1.807) is 11.3 Å². The fraction of sp³-hybridized carbons (Fsp3) is 0.542. The third-order valence-electron chi connectivity index (χ3n) is 7.63. The van der Waals surface area contributed by atoms with Crippen molar-refractivity contribution in [1.82, 2.24) is 15.0 Å². The zero-order valence-corrected chi connectivity index (χ0v) is 19.4. The molecule has 0 amide bonds. The van der Waals surface area contributed by atoms with Crippen molar-refractivity contribution in [2.24, 2.45) is 5.92 Å². The van der Waals surface area contributed by atoms with Crippen LogP contribution in [0.25, 0.3) is 20.8 Å². The van der Waals surface area contributed by atoms with Gasteiger partial charge in [-0.1, -0.05) is 31.4 Å². The van der Waals surface area contributed by atoms with Gasteiger partial charge in [0.15, 0.2) is 5.72 Å². The van der Waals surface area contributed by atoms with Crippen LogP contribution in [0.1, 0.15) is 50.6 Å². The van der Waals surface area contributed by atoms with Crippen molar-refractivity contribution in [3.63, 3.8) is 0 Å². The summed E-state index contributed by atoms with van der Waals surface area (Å²) in [7, 11) is 0. The first-order chi connectivity index (χ1) is 15.9. The van der Waals surface area contributed by atoms with E-state index in [1.807, 2.05) is 31.2 Å². The second-order valence-electron chi connectivity index (χ2n) is 9.72. The van der Waals surface area contributed by atoms with E-state index in [4.69, 9.17) is 15.0 Å². The van der Waals surface area contributed by atoms with Crippen LogP contribution in [0.3, 0.4) is 0 Å². The molecule has 6 rings (SSSR count). The average Bonchev–Trinajstić information content (AvgIpc) is 3.08. The Kier molecular flexibility index (Phi) is 4.88. The number of hydrogen-bond acceptors (Lipinski definition) is 9. The SMILES string of the molecule is Cc1nc(NC2CCCCC2)nc(NC2(O)CCC3C(O)C32O)c1-c1nc2ccccc2s1. The Balaban J connectivity index is 1.42. The Morgan fingerprint density at radius 1 is 1.03 bits per heavy atom. The quantitative estimate of drug-likeness (QED) is 0.362. The minimum absolute atomic E-state index is 0.316. The van der Waals surface area contributed by atoms with E-state index in [9.17, 15) is 15.3 Å². The molecule has 8 nitrogen and oxygen atoms in total. The lowest BCUT2D eigenvalue weighted by Gasteiger charge is -2.33. The zero-order valence-electron chi connectivity index (χ0n) is 18.6. The largest absolute Gasteiger partial charge is 0.390 e. The van der Waals surface area contributed by atoms with Gasteiger partial charge in [-0.2, -0.15) is 4.98 Å². The van der Waals surface area contributed by atoms with Crippen molar-refractivity contribution < 1.29 is 15.3 Å². The first-order valence-corrected chi connectivity index (χ1v) is 12.6. The Bertz CT molecular complexity index is 1180. The third kappa shape index (κ3) is 3.32. The molecule has 33 heavy (non-hydrogen) atoms. The van der Waals surface area contributed by atoms with Crippen LogP contribution < -0.4 is 10.6 Å². The highest BCUT2D eigenvalue weighted by Gasteiger charge is 2.78. The van der Waals surface area contributed by atoms with Crippen LogP contribution in [0.15, 0.2) is 24.3 Å². The van der Waals surface area contributed by atoms with Gasteiger partial charge >= 0.3 is 0 Å². The fourth-order valence-corrected chi connectivity index (χ4v) is 6.73. The predicted octanol–water partition coefficient (Wildman–Crippen LogP) is 3.42. The average molecular weight is 468 g/mol. The molecule has 5 N–H and O–H groups in total. The van der Waals surface area contributed by atoms with Gasteiger partial charge in [-0.05, 0) is 44.7 Å². The number of rotatable bonds is 5. The lowest BCUT2D eigenvalue weighted by atomic mass is 9.96. The first-order valence-electron chi connectivity index (χ1n) is 11.8. The van der Waals surface area contributed by atoms with Gasteiger partial charge in [0.05, 0.1) is 27.6 Å². The molecule has 2 heterocycles. The monoisotopic (exact) mass is 467 g/mol. The molecule has 3 saturated carbocycles. The van der Waals surface area contributed by atoms with E-state index in [2.05, 4.69) is 10.6 Å². The summed E-state index contributed by atoms with van der Waals surface area (Å²) in [4.78, 5) is 14.3. The second-order valence-corrected chi connectivity index (χ2v) is 10.8. The van der Waals surface area contributed by atoms with E-state index in [0.29, 0.717) is 36.2 Å². The van der Waals surface area contributed by atoms with Crippen molar-refractivity contribution in [3.8, 4) is 10.6 Å². The highest BCUT2D eigenvalue weighted by molar-refractivity contribution is 7.21. The van der Waals surface area contributed by atoms with Gasteiger partial charge in [-0.3, -0.25) is 0 Å². The van der Waals surface area contributed by atoms with Crippen molar-refractivity contribution in [2.75, 3.05) is 10.6 Å². The van der Waals surface area contributed by atoms with Crippen molar-refractivity contribution in [1.29, 1.82) is 0 Å². The summed E-state index contributed by atoms with van der Waals surface area (Å²) < 4.78 is 1.05. The van der Waals surface area contributed by atoms with E-state index in [1.165, 1.54) is 19.3 Å². The smallest absolute Gasteiger partial charge is 0.225 e. The number of nitrogens with one attached hydrogen (secondary N) is 2. The maximum absolute atomic E-state index is 11.4. The number of aliphatic hydroxyl groups excluding tert-OH is 1. The summed E-state index contributed by atoms with van der Waals surface area (Å²) in [5.41, 5.74) is -0.880. The highest BCUT2D eigenvalue weighted by Crippen LogP contribution is 2.61. The van der Waals surface area contributed by atoms with Crippen LogP contribution in [-0.2, 0) is 0 Å². The van der Waals surface area contributed by atoms with Gasteiger partial charge in [0.1, 0.15) is 16.4 Å². The topological polar surface area (TPSA) is 123 Å². The Hall–Kier alpha value is -2.33. The lowest BCUT2D eigenvalue weighted by molar-refractivity contribution is -0.0851. The molecule has 0 bridgehead atoms. The number of nitrogens with zero attached hydrogens (tertiary/aromatic N) is 3. The van der Waals surface area contributed by atoms with Crippen LogP contribution in [0.2, 0.25) is 0 Å². The Morgan fingerprint density at radius 3 is 2.55 bits per heavy atom. The van der Waals surface area contributed by atoms with Gasteiger partial charge < -0.3 is 26.0 Å². The molecule has 3 aliphatic carbocycles. The van der Waals surface area contributed by atoms with Gasteiger partial charge in [-0.25, -0.2) is 9.97 Å². The van der Waals surface area contributed by atoms with Gasteiger partial charge in [0, 0.05) is 12.0 Å². The second kappa shape index (κ2) is 7.59. The molecule has 4 atom stereocenters. The van der Waals surface area contributed by atoms with Gasteiger partial charge in [0.2, 0.25) is 5.95 Å². The number of aromatic nitrogens is 3. The summed E-state index contributed by atoms with van der Waals surface area (Å²) in [5, 5.41) is 39.9. The molecule has 3 fully saturated rings. The van der Waals surface area contributed by atoms with Crippen molar-refractivity contribution >= 4 is 33.3 Å². The molecule has 3 aromatic rings.